The van der Waals surface area contributed by atoms with Gasteiger partial charge >= 0.3 is 0 Å². The summed E-state index contributed by atoms with van der Waals surface area (Å²) >= 11 is 0. The van der Waals surface area contributed by atoms with Gasteiger partial charge in [0, 0.05) is 31.7 Å². The predicted molar refractivity (Wildman–Crippen MR) is 135 cm³/mol. The number of amides is 1. The summed E-state index contributed by atoms with van der Waals surface area (Å²) in [6.45, 7) is 4.84. The summed E-state index contributed by atoms with van der Waals surface area (Å²) in [6.07, 6.45) is 1.86. The van der Waals surface area contributed by atoms with Crippen molar-refractivity contribution in [3.05, 3.63) is 64.6 Å². The zero-order valence-electron chi connectivity index (χ0n) is 21.1. The quantitative estimate of drug-likeness (QED) is 0.454. The van der Waals surface area contributed by atoms with E-state index >= 15 is 0 Å². The van der Waals surface area contributed by atoms with Crippen LogP contribution in [0, 0.1) is 36.9 Å². The number of carbonyl (C=O) groups is 1. The Balaban J connectivity index is 1.72. The topological polar surface area (TPSA) is 91.8 Å². The van der Waals surface area contributed by atoms with Gasteiger partial charge in [0.25, 0.3) is 5.91 Å². The van der Waals surface area contributed by atoms with Gasteiger partial charge in [0.2, 0.25) is 5.95 Å². The molecule has 1 N–H and O–H groups in total. The van der Waals surface area contributed by atoms with E-state index < -0.39 is 11.8 Å². The van der Waals surface area contributed by atoms with E-state index in [1.54, 1.807) is 34.6 Å². The lowest BCUT2D eigenvalue weighted by molar-refractivity contribution is 0.0692. The van der Waals surface area contributed by atoms with E-state index in [9.17, 15) is 18.8 Å². The highest BCUT2D eigenvalue weighted by molar-refractivity contribution is 5.95. The largest absolute Gasteiger partial charge is 0.336 e. The molecule has 37 heavy (non-hydrogen) atoms. The first-order chi connectivity index (χ1) is 17.7. The molecule has 2 aromatic heterocycles. The van der Waals surface area contributed by atoms with Crippen molar-refractivity contribution < 1.29 is 13.6 Å². The van der Waals surface area contributed by atoms with Gasteiger partial charge in [0.15, 0.2) is 0 Å². The van der Waals surface area contributed by atoms with Crippen molar-refractivity contribution >= 4 is 16.8 Å². The molecule has 10 heteroatoms. The van der Waals surface area contributed by atoms with Gasteiger partial charge in [-0.1, -0.05) is 0 Å². The molecule has 0 saturated carbocycles. The van der Waals surface area contributed by atoms with E-state index in [0.29, 0.717) is 46.8 Å². The van der Waals surface area contributed by atoms with Crippen LogP contribution in [0.2, 0.25) is 0 Å². The Morgan fingerprint density at radius 3 is 2.70 bits per heavy atom. The third-order valence-corrected chi connectivity index (χ3v) is 7.09. The molecule has 1 atom stereocenters. The third kappa shape index (κ3) is 4.15. The molecule has 1 amide bonds. The van der Waals surface area contributed by atoms with E-state index in [1.165, 1.54) is 23.9 Å². The zero-order valence-corrected chi connectivity index (χ0v) is 21.1. The fraction of sp³-hybridized carbons (Fsp3) is 0.333. The fourth-order valence-electron chi connectivity index (χ4n) is 5.03. The Bertz CT molecular complexity index is 1580. The van der Waals surface area contributed by atoms with Crippen molar-refractivity contribution in [2.75, 3.05) is 20.1 Å². The second kappa shape index (κ2) is 9.41. The summed E-state index contributed by atoms with van der Waals surface area (Å²) in [5, 5.41) is 17.0. The van der Waals surface area contributed by atoms with Crippen LogP contribution < -0.4 is 5.32 Å². The number of hydrogen-bond acceptors (Lipinski definition) is 5. The van der Waals surface area contributed by atoms with Gasteiger partial charge in [0.05, 0.1) is 27.8 Å². The minimum atomic E-state index is -0.682. The summed E-state index contributed by atoms with van der Waals surface area (Å²) in [4.78, 5) is 20.2. The Morgan fingerprint density at radius 2 is 2.00 bits per heavy atom. The molecular formula is C27H27F2N7O. The second-order valence-corrected chi connectivity index (χ2v) is 9.46. The summed E-state index contributed by atoms with van der Waals surface area (Å²) in [6, 6.07) is 9.71. The molecule has 0 unspecified atom stereocenters. The molecule has 1 saturated heterocycles. The number of rotatable bonds is 4. The number of carbonyl (C=O) groups excluding carboxylic acids is 1. The predicted octanol–water partition coefficient (Wildman–Crippen LogP) is 4.02. The summed E-state index contributed by atoms with van der Waals surface area (Å²) in [7, 11) is 3.41. The van der Waals surface area contributed by atoms with Gasteiger partial charge in [0.1, 0.15) is 23.4 Å². The van der Waals surface area contributed by atoms with Crippen LogP contribution in [0.5, 0.6) is 0 Å². The first-order valence-corrected chi connectivity index (χ1v) is 12.1. The third-order valence-electron chi connectivity index (χ3n) is 7.09. The first kappa shape index (κ1) is 24.6. The normalized spacial score (nSPS) is 15.8. The van der Waals surface area contributed by atoms with Gasteiger partial charge in [-0.25, -0.2) is 14.1 Å². The van der Waals surface area contributed by atoms with Crippen LogP contribution in [0.15, 0.2) is 30.3 Å². The molecule has 4 aromatic rings. The molecular weight excluding hydrogens is 476 g/mol. The summed E-state index contributed by atoms with van der Waals surface area (Å²) in [5.74, 6) is -1.04. The molecule has 0 bridgehead atoms. The number of likely N-dealkylation sites (N-methyl/N-ethyl adjacent to an activating group) is 1. The van der Waals surface area contributed by atoms with Crippen LogP contribution in [0.3, 0.4) is 0 Å². The monoisotopic (exact) mass is 503 g/mol. The fourth-order valence-corrected chi connectivity index (χ4v) is 5.03. The maximum absolute atomic E-state index is 14.8. The molecule has 0 spiro atoms. The van der Waals surface area contributed by atoms with Crippen LogP contribution in [0.25, 0.3) is 28.0 Å². The van der Waals surface area contributed by atoms with Crippen LogP contribution in [0.1, 0.15) is 40.2 Å². The number of likely N-dealkylation sites (tertiary alicyclic amines) is 1. The van der Waals surface area contributed by atoms with E-state index in [1.807, 2.05) is 20.0 Å². The van der Waals surface area contributed by atoms with Crippen molar-refractivity contribution in [3.8, 4) is 23.1 Å². The van der Waals surface area contributed by atoms with E-state index in [4.69, 9.17) is 4.98 Å². The van der Waals surface area contributed by atoms with Gasteiger partial charge in [-0.2, -0.15) is 14.8 Å². The average Bonchev–Trinajstić information content (AvgIpc) is 3.38. The highest BCUT2D eigenvalue weighted by Crippen LogP contribution is 2.32. The Labute approximate surface area is 213 Å². The Morgan fingerprint density at radius 1 is 1.22 bits per heavy atom. The number of fused-ring (bicyclic) bond motifs is 1. The van der Waals surface area contributed by atoms with Crippen molar-refractivity contribution in [2.45, 2.75) is 32.7 Å². The molecule has 8 nitrogen and oxygen atoms in total. The van der Waals surface area contributed by atoms with E-state index in [-0.39, 0.29) is 23.2 Å². The number of benzene rings is 2. The molecule has 3 heterocycles. The molecule has 2 aromatic carbocycles. The Hall–Kier alpha value is -4.10. The van der Waals surface area contributed by atoms with Crippen LogP contribution in [-0.2, 0) is 7.05 Å². The number of nitriles is 1. The molecule has 1 aliphatic rings. The number of halogens is 2. The number of hydrogen-bond donors (Lipinski definition) is 1. The number of nitrogens with zero attached hydrogens (tertiary/aromatic N) is 6. The molecule has 1 fully saturated rings. The second-order valence-electron chi connectivity index (χ2n) is 9.46. The van der Waals surface area contributed by atoms with Crippen molar-refractivity contribution in [3.63, 3.8) is 0 Å². The van der Waals surface area contributed by atoms with E-state index in [0.717, 1.165) is 18.4 Å². The van der Waals surface area contributed by atoms with Crippen molar-refractivity contribution in [1.29, 1.82) is 5.26 Å². The van der Waals surface area contributed by atoms with Crippen molar-refractivity contribution in [2.24, 2.45) is 7.05 Å². The summed E-state index contributed by atoms with van der Waals surface area (Å²) in [5.41, 5.74) is 3.02. The van der Waals surface area contributed by atoms with E-state index in [2.05, 4.69) is 10.4 Å². The maximum atomic E-state index is 14.8. The molecule has 0 radical (unpaired) electrons. The van der Waals surface area contributed by atoms with Gasteiger partial charge in [-0.3, -0.25) is 9.36 Å². The van der Waals surface area contributed by atoms with Gasteiger partial charge < -0.3 is 10.2 Å². The lowest BCUT2D eigenvalue weighted by Gasteiger charge is -2.32. The number of piperidine rings is 1. The molecule has 190 valence electrons. The van der Waals surface area contributed by atoms with Crippen molar-refractivity contribution in [1.82, 2.24) is 29.5 Å². The smallest absolute Gasteiger partial charge is 0.274 e. The van der Waals surface area contributed by atoms with Crippen LogP contribution in [-0.4, -0.2) is 56.3 Å². The molecule has 5 rings (SSSR count). The highest BCUT2D eigenvalue weighted by atomic mass is 19.1. The molecule has 0 aliphatic carbocycles. The SMILES string of the molecule is CN[C@H]1CCCN(C(=O)c2nc(-c3ccc(C#N)c(F)c3)n(-c3cc4c(F)n(C)nc4cc3C)c2C)C1. The number of aryl methyl sites for hydroxylation is 2. The molecule has 1 aliphatic heterocycles. The minimum absolute atomic E-state index is 0.0867. The average molecular weight is 504 g/mol. The number of nitrogens with one attached hydrogen (secondary N) is 1. The lowest BCUT2D eigenvalue weighted by atomic mass is 10.1. The lowest BCUT2D eigenvalue weighted by Crippen LogP contribution is -2.47. The zero-order chi connectivity index (χ0) is 26.4. The van der Waals surface area contributed by atoms with Gasteiger partial charge in [-0.05, 0) is 69.6 Å². The van der Waals surface area contributed by atoms with Crippen LogP contribution in [0.4, 0.5) is 8.78 Å². The van der Waals surface area contributed by atoms with Gasteiger partial charge in [-0.15, -0.1) is 0 Å². The number of imidazole rings is 1. The maximum Gasteiger partial charge on any atom is 0.274 e. The standard InChI is InChI=1S/C27H27F2N7O/c1-15-10-22-20(25(29)34(4)33-22)12-23(15)36-16(2)24(27(37)35-9-5-6-19(14-35)31-3)32-26(36)17-7-8-18(13-30)21(28)11-17/h7-8,10-12,19,31H,5-6,9,14H2,1-4H3/t19-/m0/s1. The minimum Gasteiger partial charge on any atom is -0.336 e. The number of aromatic nitrogens is 4. The Kier molecular flexibility index (Phi) is 6.25. The first-order valence-electron chi connectivity index (χ1n) is 12.1. The summed E-state index contributed by atoms with van der Waals surface area (Å²) < 4.78 is 32.4. The van der Waals surface area contributed by atoms with Crippen LogP contribution >= 0.6 is 0 Å². The highest BCUT2D eigenvalue weighted by Gasteiger charge is 2.29.